The number of aromatic nitrogens is 3. The van der Waals surface area contributed by atoms with E-state index in [1.54, 1.807) is 7.11 Å². The second kappa shape index (κ2) is 21.2. The number of pyridine rings is 1. The first-order valence-electron chi connectivity index (χ1n) is 29.5. The van der Waals surface area contributed by atoms with E-state index in [-0.39, 0.29) is 48.2 Å². The highest BCUT2D eigenvalue weighted by Crippen LogP contribution is 2.53. The third-order valence-electron chi connectivity index (χ3n) is 19.2. The van der Waals surface area contributed by atoms with Crippen molar-refractivity contribution in [3.05, 3.63) is 52.1 Å². The van der Waals surface area contributed by atoms with Gasteiger partial charge in [0.2, 0.25) is 0 Å². The van der Waals surface area contributed by atoms with Crippen LogP contribution in [0.3, 0.4) is 0 Å². The van der Waals surface area contributed by atoms with Crippen molar-refractivity contribution in [3.8, 4) is 22.5 Å². The maximum atomic E-state index is 15.4. The highest BCUT2D eigenvalue weighted by atomic mass is 32.2. The van der Waals surface area contributed by atoms with E-state index >= 15 is 4.79 Å². The fourth-order valence-corrected chi connectivity index (χ4v) is 17.6. The smallest absolute Gasteiger partial charge is 0.324 e. The first kappa shape index (κ1) is 54.7. The number of likely N-dealkylation sites (tertiary alicyclic amines) is 1. The average molecular weight is 1140 g/mol. The summed E-state index contributed by atoms with van der Waals surface area (Å²) >= 11 is 1.44. The molecule has 1 aromatic carbocycles. The zero-order chi connectivity index (χ0) is 55.3. The van der Waals surface area contributed by atoms with E-state index in [1.807, 2.05) is 18.5 Å². The molecule has 19 nitrogen and oxygen atoms in total. The van der Waals surface area contributed by atoms with E-state index in [2.05, 4.69) is 75.0 Å². The largest absolute Gasteiger partial charge is 0.464 e. The molecule has 3 aromatic heterocycles. The Morgan fingerprint density at radius 1 is 1.01 bits per heavy atom. The lowest BCUT2D eigenvalue weighted by Crippen LogP contribution is -2.67. The van der Waals surface area contributed by atoms with Gasteiger partial charge in [-0.3, -0.25) is 34.2 Å². The molecule has 2 amide bonds. The number of carbonyl (C=O) groups is 3. The number of methoxy groups -OCH3 is 1. The van der Waals surface area contributed by atoms with Crippen molar-refractivity contribution >= 4 is 55.5 Å². The Morgan fingerprint density at radius 2 is 1.80 bits per heavy atom. The Morgan fingerprint density at radius 3 is 2.51 bits per heavy atom. The van der Waals surface area contributed by atoms with Gasteiger partial charge in [0.25, 0.3) is 11.8 Å². The summed E-state index contributed by atoms with van der Waals surface area (Å²) in [6.07, 6.45) is 9.14. The maximum Gasteiger partial charge on any atom is 0.324 e. The molecule has 5 atom stereocenters. The van der Waals surface area contributed by atoms with Crippen LogP contribution in [-0.4, -0.2) is 182 Å². The topological polar surface area (TPSA) is 199 Å². The number of hydrogen-bond donors (Lipinski definition) is 2. The van der Waals surface area contributed by atoms with Crippen LogP contribution in [0.25, 0.3) is 33.4 Å². The van der Waals surface area contributed by atoms with E-state index in [4.69, 9.17) is 33.7 Å². The van der Waals surface area contributed by atoms with Crippen molar-refractivity contribution in [1.29, 1.82) is 0 Å². The molecule has 14 rings (SSSR count). The Labute approximate surface area is 473 Å². The van der Waals surface area contributed by atoms with Gasteiger partial charge in [0.1, 0.15) is 22.7 Å². The number of nitrogens with zero attached hydrogens (tertiary/aromatic N) is 7. The van der Waals surface area contributed by atoms with Crippen LogP contribution >= 0.6 is 11.3 Å². The van der Waals surface area contributed by atoms with Gasteiger partial charge < -0.3 is 38.5 Å². The van der Waals surface area contributed by atoms with Gasteiger partial charge in [-0.25, -0.2) is 18.8 Å². The number of thiazole rings is 1. The number of nitrogens with one attached hydrogen (secondary N) is 2. The van der Waals surface area contributed by atoms with Gasteiger partial charge in [-0.15, -0.1) is 11.3 Å². The minimum absolute atomic E-state index is 0.0778. The summed E-state index contributed by atoms with van der Waals surface area (Å²) in [5.41, 5.74) is 8.77. The van der Waals surface area contributed by atoms with Crippen LogP contribution in [0.15, 0.2) is 35.8 Å². The first-order valence-corrected chi connectivity index (χ1v) is 32.2. The van der Waals surface area contributed by atoms with Crippen molar-refractivity contribution < 1.29 is 46.5 Å². The van der Waals surface area contributed by atoms with Crippen LogP contribution in [0.1, 0.15) is 114 Å². The average Bonchev–Trinajstić information content (AvgIpc) is 3.67. The number of fused-ring (bicyclic) bond motifs is 7. The number of ether oxygens (including phenoxy) is 5. The summed E-state index contributed by atoms with van der Waals surface area (Å²) in [6, 6.07) is 6.81. The molecule has 2 aliphatic carbocycles. The van der Waals surface area contributed by atoms with E-state index < -0.39 is 56.3 Å². The highest BCUT2D eigenvalue weighted by Gasteiger charge is 2.62. The Bertz CT molecular complexity index is 3130. The number of rotatable bonds is 12. The molecule has 80 heavy (non-hydrogen) atoms. The normalized spacial score (nSPS) is 30.2. The number of cyclic esters (lactones) is 1. The molecule has 1 spiro atoms. The van der Waals surface area contributed by atoms with Gasteiger partial charge >= 0.3 is 5.97 Å². The zero-order valence-electron chi connectivity index (χ0n) is 47.1. The molecule has 10 aliphatic rings. The van der Waals surface area contributed by atoms with Crippen LogP contribution in [-0.2, 0) is 60.9 Å². The number of piperazine rings is 1. The fraction of sp³-hybridized carbons (Fsp3) is 0.678. The summed E-state index contributed by atoms with van der Waals surface area (Å²) in [5.74, 6) is -0.725. The van der Waals surface area contributed by atoms with Gasteiger partial charge in [-0.2, -0.15) is 0 Å². The van der Waals surface area contributed by atoms with Crippen LogP contribution in [0.2, 0.25) is 0 Å². The van der Waals surface area contributed by atoms with Gasteiger partial charge in [0.15, 0.2) is 9.84 Å². The SMILES string of the molecule is CO[C@@H](C)c1ncc(N2CCN(C3CC3)CC2)cc1-c1c2c3cc(ccc3n1CCOC1CCOCC1)-c1csc(n1)[C@@H](N1CC3(CCS(=O)(=O)C3)C1)[C@H](NC(=O)C13CC(C1)[C@H](C)O3)C(=O)N1CCC[C@H](N1)C(=O)OCC(C)(C)C2. The number of sulfone groups is 1. The summed E-state index contributed by atoms with van der Waals surface area (Å²) in [7, 11) is -1.50. The quantitative estimate of drug-likeness (QED) is 0.160. The molecule has 2 N–H and O–H groups in total. The molecule has 8 bridgehead atoms. The number of hydrogen-bond acceptors (Lipinski definition) is 17. The van der Waals surface area contributed by atoms with Gasteiger partial charge in [0.05, 0.1) is 78.0 Å². The molecular weight excluding hydrogens is 1060 g/mol. The molecule has 432 valence electrons. The number of esters is 1. The molecule has 9 fully saturated rings. The highest BCUT2D eigenvalue weighted by molar-refractivity contribution is 7.91. The predicted octanol–water partition coefficient (Wildman–Crippen LogP) is 5.85. The van der Waals surface area contributed by atoms with Crippen LogP contribution in [0.4, 0.5) is 5.69 Å². The molecule has 0 radical (unpaired) electrons. The minimum Gasteiger partial charge on any atom is -0.464 e. The van der Waals surface area contributed by atoms with E-state index in [0.717, 1.165) is 89.4 Å². The van der Waals surface area contributed by atoms with E-state index in [0.29, 0.717) is 95.6 Å². The number of anilines is 1. The lowest BCUT2D eigenvalue weighted by molar-refractivity contribution is -0.158. The summed E-state index contributed by atoms with van der Waals surface area (Å²) in [6.45, 7) is 15.8. The van der Waals surface area contributed by atoms with Crippen molar-refractivity contribution in [2.24, 2.45) is 16.7 Å². The number of amides is 2. The Balaban J connectivity index is 0.953. The molecule has 21 heteroatoms. The molecule has 11 heterocycles. The zero-order valence-corrected chi connectivity index (χ0v) is 48.7. The predicted molar refractivity (Wildman–Crippen MR) is 303 cm³/mol. The third-order valence-corrected chi connectivity index (χ3v) is 22.0. The van der Waals surface area contributed by atoms with Crippen molar-refractivity contribution in [2.75, 3.05) is 95.8 Å². The lowest BCUT2D eigenvalue weighted by atomic mass is 9.72. The number of carbonyl (C=O) groups excluding carboxylic acids is 3. The van der Waals surface area contributed by atoms with Crippen LogP contribution in [0, 0.1) is 16.7 Å². The van der Waals surface area contributed by atoms with Crippen LogP contribution in [0.5, 0.6) is 0 Å². The molecule has 2 saturated carbocycles. The molecule has 4 aromatic rings. The van der Waals surface area contributed by atoms with Crippen molar-refractivity contribution in [3.63, 3.8) is 0 Å². The fourth-order valence-electron chi connectivity index (χ4n) is 14.4. The monoisotopic (exact) mass is 1140 g/mol. The second-order valence-corrected chi connectivity index (χ2v) is 28.7. The van der Waals surface area contributed by atoms with Crippen molar-refractivity contribution in [2.45, 2.75) is 147 Å². The van der Waals surface area contributed by atoms with E-state index in [9.17, 15) is 18.0 Å². The second-order valence-electron chi connectivity index (χ2n) is 25.6. The Hall–Kier alpha value is -4.58. The molecule has 0 unspecified atom stereocenters. The molecule has 8 aliphatic heterocycles. The van der Waals surface area contributed by atoms with Crippen LogP contribution < -0.4 is 15.6 Å². The molecule has 7 saturated heterocycles. The standard InChI is InChI=1S/C59H79N9O10S2/c1-36-39-27-59(28-39,78-36)56(71)62-50-52(66-32-58(33-66)14-24-80(72,73)35-58)53-61-47(31-79-53)38-8-11-48-43(25-38)45(29-57(3,4)34-77-55(70)46-7-6-15-68(63-46)54(50)69)51(67(48)20-23-76-42-12-21-75-22-13-42)44-26-41(30-60-49(44)37(2)74-5)65-18-16-64(17-19-65)40-9-10-40/h8,11,25-26,30-31,36-37,39-40,42,46,50,52,63H,6-7,9-10,12-24,27-29,32-35H2,1-5H3,(H,62,71)/t36-,37-,39?,46-,50-,52-,59?/m0/s1. The number of benzene rings is 1. The first-order chi connectivity index (χ1) is 38.5. The number of hydrazine groups is 1. The minimum atomic E-state index is -3.23. The van der Waals surface area contributed by atoms with Gasteiger partial charge in [0, 0.05) is 117 Å². The summed E-state index contributed by atoms with van der Waals surface area (Å²) < 4.78 is 59.6. The maximum absolute atomic E-state index is 15.4. The third kappa shape index (κ3) is 10.4. The summed E-state index contributed by atoms with van der Waals surface area (Å²) in [5, 5.41) is 8.40. The van der Waals surface area contributed by atoms with E-state index in [1.165, 1.54) is 29.2 Å². The Kier molecular flexibility index (Phi) is 14.5. The molecular formula is C59H79N9O10S2. The van der Waals surface area contributed by atoms with Gasteiger partial charge in [-0.1, -0.05) is 19.9 Å². The lowest BCUT2D eigenvalue weighted by Gasteiger charge is -2.52. The summed E-state index contributed by atoms with van der Waals surface area (Å²) in [4.78, 5) is 62.6. The van der Waals surface area contributed by atoms with Crippen molar-refractivity contribution in [1.82, 2.24) is 40.1 Å². The van der Waals surface area contributed by atoms with Gasteiger partial charge in [-0.05, 0) is 108 Å².